The van der Waals surface area contributed by atoms with Crippen molar-refractivity contribution in [2.45, 2.75) is 64.6 Å². The van der Waals surface area contributed by atoms with Gasteiger partial charge in [0.2, 0.25) is 5.91 Å². The summed E-state index contributed by atoms with van der Waals surface area (Å²) in [7, 11) is 0. The Hall–Kier alpha value is -0.570. The lowest BCUT2D eigenvalue weighted by Crippen LogP contribution is -2.47. The van der Waals surface area contributed by atoms with Gasteiger partial charge < -0.3 is 10.6 Å². The topological polar surface area (TPSA) is 41.1 Å². The van der Waals surface area contributed by atoms with E-state index in [0.717, 1.165) is 12.8 Å². The summed E-state index contributed by atoms with van der Waals surface area (Å²) in [5.74, 6) is 0.144. The minimum atomic E-state index is -0.0735. The summed E-state index contributed by atoms with van der Waals surface area (Å²) < 4.78 is 0. The lowest BCUT2D eigenvalue weighted by atomic mass is 10.2. The Labute approximate surface area is 86.6 Å². The van der Waals surface area contributed by atoms with Gasteiger partial charge in [-0.1, -0.05) is 26.7 Å². The van der Waals surface area contributed by atoms with Gasteiger partial charge in [-0.3, -0.25) is 4.79 Å². The predicted octanol–water partition coefficient (Wildman–Crippen LogP) is 1.43. The zero-order valence-corrected chi connectivity index (χ0v) is 9.47. The van der Waals surface area contributed by atoms with E-state index in [1.807, 2.05) is 6.92 Å². The molecule has 2 N–H and O–H groups in total. The quantitative estimate of drug-likeness (QED) is 0.717. The van der Waals surface area contributed by atoms with Crippen LogP contribution in [0.2, 0.25) is 0 Å². The van der Waals surface area contributed by atoms with Gasteiger partial charge in [0.15, 0.2) is 0 Å². The molecule has 0 aromatic heterocycles. The highest BCUT2D eigenvalue weighted by molar-refractivity contribution is 5.81. The highest BCUT2D eigenvalue weighted by atomic mass is 16.2. The number of hydrogen-bond donors (Lipinski definition) is 2. The summed E-state index contributed by atoms with van der Waals surface area (Å²) in [5.41, 5.74) is 0. The van der Waals surface area contributed by atoms with E-state index in [9.17, 15) is 4.79 Å². The maximum atomic E-state index is 11.7. The van der Waals surface area contributed by atoms with E-state index in [0.29, 0.717) is 12.1 Å². The molecule has 1 atom stereocenters. The van der Waals surface area contributed by atoms with Crippen LogP contribution in [0.5, 0.6) is 0 Å². The summed E-state index contributed by atoms with van der Waals surface area (Å²) >= 11 is 0. The van der Waals surface area contributed by atoms with Gasteiger partial charge in [-0.15, -0.1) is 0 Å². The first-order valence-corrected chi connectivity index (χ1v) is 5.66. The second-order valence-corrected chi connectivity index (χ2v) is 4.53. The third kappa shape index (κ3) is 3.66. The van der Waals surface area contributed by atoms with Gasteiger partial charge in [-0.25, -0.2) is 0 Å². The standard InChI is InChI=1S/C11H22N2O/c1-8(2)12-9(3)11(14)13-10-6-4-5-7-10/h8-10,12H,4-7H2,1-3H3,(H,13,14). The summed E-state index contributed by atoms with van der Waals surface area (Å²) in [6, 6.07) is 0.717. The smallest absolute Gasteiger partial charge is 0.237 e. The molecule has 1 fully saturated rings. The number of nitrogens with one attached hydrogen (secondary N) is 2. The van der Waals surface area contributed by atoms with Crippen LogP contribution in [0.3, 0.4) is 0 Å². The van der Waals surface area contributed by atoms with E-state index in [1.165, 1.54) is 12.8 Å². The molecule has 1 aliphatic rings. The van der Waals surface area contributed by atoms with E-state index in [4.69, 9.17) is 0 Å². The Balaban J connectivity index is 2.25. The largest absolute Gasteiger partial charge is 0.352 e. The molecule has 1 aliphatic carbocycles. The average Bonchev–Trinajstić information content (AvgIpc) is 2.55. The first-order chi connectivity index (χ1) is 6.59. The second-order valence-electron chi connectivity index (χ2n) is 4.53. The Bertz CT molecular complexity index is 186. The van der Waals surface area contributed by atoms with Crippen LogP contribution in [0.4, 0.5) is 0 Å². The van der Waals surface area contributed by atoms with E-state index < -0.39 is 0 Å². The minimum Gasteiger partial charge on any atom is -0.352 e. The van der Waals surface area contributed by atoms with Crippen LogP contribution in [-0.4, -0.2) is 24.0 Å². The van der Waals surface area contributed by atoms with Crippen molar-refractivity contribution in [3.05, 3.63) is 0 Å². The zero-order valence-electron chi connectivity index (χ0n) is 9.47. The number of rotatable bonds is 4. The maximum Gasteiger partial charge on any atom is 0.237 e. The molecular weight excluding hydrogens is 176 g/mol. The van der Waals surface area contributed by atoms with Crippen molar-refractivity contribution in [1.82, 2.24) is 10.6 Å². The molecule has 3 heteroatoms. The summed E-state index contributed by atoms with van der Waals surface area (Å²) in [5, 5.41) is 6.29. The van der Waals surface area contributed by atoms with Crippen molar-refractivity contribution >= 4 is 5.91 Å². The molecule has 1 amide bonds. The molecule has 1 rings (SSSR count). The van der Waals surface area contributed by atoms with Gasteiger partial charge in [0.25, 0.3) is 0 Å². The van der Waals surface area contributed by atoms with Crippen molar-refractivity contribution in [3.8, 4) is 0 Å². The number of carbonyl (C=O) groups is 1. The Morgan fingerprint density at radius 2 is 1.79 bits per heavy atom. The summed E-state index contributed by atoms with van der Waals surface area (Å²) in [6.45, 7) is 6.03. The van der Waals surface area contributed by atoms with Crippen LogP contribution < -0.4 is 10.6 Å². The highest BCUT2D eigenvalue weighted by Crippen LogP contribution is 2.17. The van der Waals surface area contributed by atoms with Crippen molar-refractivity contribution in [1.29, 1.82) is 0 Å². The fraction of sp³-hybridized carbons (Fsp3) is 0.909. The number of amides is 1. The molecule has 3 nitrogen and oxygen atoms in total. The van der Waals surface area contributed by atoms with Gasteiger partial charge in [0, 0.05) is 12.1 Å². The van der Waals surface area contributed by atoms with Crippen molar-refractivity contribution in [3.63, 3.8) is 0 Å². The van der Waals surface area contributed by atoms with Crippen molar-refractivity contribution in [2.24, 2.45) is 0 Å². The van der Waals surface area contributed by atoms with Crippen LogP contribution in [-0.2, 0) is 4.79 Å². The first-order valence-electron chi connectivity index (χ1n) is 5.66. The number of hydrogen-bond acceptors (Lipinski definition) is 2. The third-order valence-electron chi connectivity index (χ3n) is 2.68. The Kier molecular flexibility index (Phi) is 4.39. The zero-order chi connectivity index (χ0) is 10.6. The molecule has 0 aliphatic heterocycles. The van der Waals surface area contributed by atoms with Crippen LogP contribution in [0.15, 0.2) is 0 Å². The van der Waals surface area contributed by atoms with Crippen LogP contribution >= 0.6 is 0 Å². The molecule has 1 unspecified atom stereocenters. The fourth-order valence-corrected chi connectivity index (χ4v) is 1.97. The van der Waals surface area contributed by atoms with Gasteiger partial charge in [0.05, 0.1) is 6.04 Å². The summed E-state index contributed by atoms with van der Waals surface area (Å²) in [6.07, 6.45) is 4.83. The molecule has 0 aromatic rings. The Morgan fingerprint density at radius 3 is 2.29 bits per heavy atom. The number of carbonyl (C=O) groups excluding carboxylic acids is 1. The monoisotopic (exact) mass is 198 g/mol. The van der Waals surface area contributed by atoms with Gasteiger partial charge in [-0.2, -0.15) is 0 Å². The third-order valence-corrected chi connectivity index (χ3v) is 2.68. The van der Waals surface area contributed by atoms with Crippen LogP contribution in [0, 0.1) is 0 Å². The van der Waals surface area contributed by atoms with E-state index in [1.54, 1.807) is 0 Å². The lowest BCUT2D eigenvalue weighted by molar-refractivity contribution is -0.123. The molecular formula is C11H22N2O. The van der Waals surface area contributed by atoms with E-state index in [2.05, 4.69) is 24.5 Å². The van der Waals surface area contributed by atoms with Crippen LogP contribution in [0.25, 0.3) is 0 Å². The molecule has 14 heavy (non-hydrogen) atoms. The van der Waals surface area contributed by atoms with Crippen molar-refractivity contribution < 1.29 is 4.79 Å². The summed E-state index contributed by atoms with van der Waals surface area (Å²) in [4.78, 5) is 11.7. The fourth-order valence-electron chi connectivity index (χ4n) is 1.97. The molecule has 0 saturated heterocycles. The van der Waals surface area contributed by atoms with Gasteiger partial charge in [0.1, 0.15) is 0 Å². The molecule has 0 heterocycles. The highest BCUT2D eigenvalue weighted by Gasteiger charge is 2.20. The van der Waals surface area contributed by atoms with Crippen molar-refractivity contribution in [2.75, 3.05) is 0 Å². The van der Waals surface area contributed by atoms with E-state index in [-0.39, 0.29) is 11.9 Å². The van der Waals surface area contributed by atoms with Gasteiger partial charge in [-0.05, 0) is 19.8 Å². The lowest BCUT2D eigenvalue weighted by Gasteiger charge is -2.19. The minimum absolute atomic E-state index is 0.0735. The molecule has 1 saturated carbocycles. The first kappa shape index (κ1) is 11.5. The molecule has 82 valence electrons. The predicted molar refractivity (Wildman–Crippen MR) is 58.1 cm³/mol. The Morgan fingerprint density at radius 1 is 1.21 bits per heavy atom. The molecule has 0 bridgehead atoms. The molecule has 0 radical (unpaired) electrons. The van der Waals surface area contributed by atoms with Crippen LogP contribution in [0.1, 0.15) is 46.5 Å². The average molecular weight is 198 g/mol. The normalized spacial score (nSPS) is 20.0. The molecule has 0 spiro atoms. The van der Waals surface area contributed by atoms with Gasteiger partial charge >= 0.3 is 0 Å². The maximum absolute atomic E-state index is 11.7. The van der Waals surface area contributed by atoms with E-state index >= 15 is 0 Å². The SMILES string of the molecule is CC(C)NC(C)C(=O)NC1CCCC1. The second kappa shape index (κ2) is 5.35. The molecule has 0 aromatic carbocycles.